The number of nitrogens with one attached hydrogen (secondary N) is 2. The lowest BCUT2D eigenvalue weighted by Gasteiger charge is -2.46. The van der Waals surface area contributed by atoms with Gasteiger partial charge in [-0.15, -0.1) is 0 Å². The number of hydrogen-bond donors (Lipinski definition) is 2. The molecule has 2 aliphatic rings. The van der Waals surface area contributed by atoms with Crippen LogP contribution >= 0.6 is 45.8 Å². The molecule has 10 heteroatoms. The summed E-state index contributed by atoms with van der Waals surface area (Å²) in [5, 5.41) is 18.7. The van der Waals surface area contributed by atoms with Crippen LogP contribution in [0.4, 0.5) is 11.4 Å². The maximum Gasteiger partial charge on any atom is 0.274 e. The molecular weight excluding hydrogens is 592 g/mol. The number of halogens is 3. The molecular formula is C24H16Cl2IN3O4. The van der Waals surface area contributed by atoms with E-state index < -0.39 is 22.3 Å². The minimum Gasteiger partial charge on any atom is -0.348 e. The van der Waals surface area contributed by atoms with Gasteiger partial charge in [0.2, 0.25) is 11.8 Å². The lowest BCUT2D eigenvalue weighted by molar-refractivity contribution is -0.385. The molecule has 0 saturated carbocycles. The lowest BCUT2D eigenvalue weighted by Crippen LogP contribution is -2.57. The summed E-state index contributed by atoms with van der Waals surface area (Å²) in [6.45, 7) is 0. The molecule has 3 aromatic rings. The number of rotatable bonds is 3. The zero-order valence-electron chi connectivity index (χ0n) is 17.3. The Morgan fingerprint density at radius 3 is 2.53 bits per heavy atom. The maximum absolute atomic E-state index is 13.9. The monoisotopic (exact) mass is 607 g/mol. The summed E-state index contributed by atoms with van der Waals surface area (Å²) in [5.74, 6) is -1.32. The first-order valence-electron chi connectivity index (χ1n) is 10.3. The van der Waals surface area contributed by atoms with Crippen LogP contribution in [0.15, 0.2) is 60.7 Å². The van der Waals surface area contributed by atoms with Gasteiger partial charge in [0, 0.05) is 37.7 Å². The van der Waals surface area contributed by atoms with Gasteiger partial charge in [-0.3, -0.25) is 19.7 Å². The number of hydrogen-bond acceptors (Lipinski definition) is 4. The summed E-state index contributed by atoms with van der Waals surface area (Å²) >= 11 is 14.6. The van der Waals surface area contributed by atoms with Crippen LogP contribution in [0.2, 0.25) is 10.0 Å². The summed E-state index contributed by atoms with van der Waals surface area (Å²) in [6, 6.07) is 15.8. The van der Waals surface area contributed by atoms with E-state index in [1.54, 1.807) is 48.5 Å². The number of nitrogens with zero attached hydrogens (tertiary/aromatic N) is 1. The molecule has 2 aliphatic heterocycles. The van der Waals surface area contributed by atoms with Crippen LogP contribution in [0.5, 0.6) is 0 Å². The highest BCUT2D eigenvalue weighted by molar-refractivity contribution is 14.1. The summed E-state index contributed by atoms with van der Waals surface area (Å²) in [5.41, 5.74) is 0.540. The molecule has 0 aliphatic carbocycles. The molecule has 1 fully saturated rings. The van der Waals surface area contributed by atoms with Gasteiger partial charge in [0.1, 0.15) is 5.41 Å². The van der Waals surface area contributed by atoms with Crippen molar-refractivity contribution in [2.75, 3.05) is 5.32 Å². The van der Waals surface area contributed by atoms with E-state index in [2.05, 4.69) is 33.2 Å². The average molecular weight is 608 g/mol. The zero-order valence-corrected chi connectivity index (χ0v) is 21.0. The summed E-state index contributed by atoms with van der Waals surface area (Å²) < 4.78 is 0.738. The number of nitro benzene ring substituents is 1. The molecule has 1 saturated heterocycles. The van der Waals surface area contributed by atoms with Crippen molar-refractivity contribution >= 4 is 69.0 Å². The highest BCUT2D eigenvalue weighted by Gasteiger charge is 2.62. The number of fused-ring (bicyclic) bond motifs is 2. The van der Waals surface area contributed by atoms with Crippen molar-refractivity contribution in [3.05, 3.63) is 101 Å². The number of piperidine rings is 1. The van der Waals surface area contributed by atoms with Gasteiger partial charge in [0.25, 0.3) is 5.69 Å². The lowest BCUT2D eigenvalue weighted by atomic mass is 9.59. The number of nitro groups is 1. The Morgan fingerprint density at radius 1 is 1.03 bits per heavy atom. The third-order valence-corrected chi connectivity index (χ3v) is 7.64. The standard InChI is InChI=1S/C24H16Cl2IN3O4/c25-13-3-1-2-12(8-13)18-11-21(31)29-22(16-10-15(27)5-7-20(16)30(33)34)24(18)17-6-4-14(26)9-19(17)28-23(24)32/h1-10,18,22H,11H2,(H,28,32)(H,29,31). The van der Waals surface area contributed by atoms with Crippen LogP contribution in [-0.4, -0.2) is 16.7 Å². The summed E-state index contributed by atoms with van der Waals surface area (Å²) in [7, 11) is 0. The van der Waals surface area contributed by atoms with Crippen LogP contribution in [0.3, 0.4) is 0 Å². The predicted molar refractivity (Wildman–Crippen MR) is 137 cm³/mol. The Hall–Kier alpha value is -2.69. The molecule has 0 bridgehead atoms. The molecule has 3 atom stereocenters. The Labute approximate surface area is 218 Å². The smallest absolute Gasteiger partial charge is 0.274 e. The maximum atomic E-state index is 13.9. The topological polar surface area (TPSA) is 101 Å². The highest BCUT2D eigenvalue weighted by atomic mass is 127. The molecule has 2 N–H and O–H groups in total. The van der Waals surface area contributed by atoms with Crippen LogP contribution in [0, 0.1) is 13.7 Å². The first-order valence-corrected chi connectivity index (χ1v) is 12.2. The molecule has 2 amide bonds. The van der Waals surface area contributed by atoms with E-state index in [0.29, 0.717) is 26.9 Å². The van der Waals surface area contributed by atoms with Gasteiger partial charge in [-0.2, -0.15) is 0 Å². The fourth-order valence-corrected chi connectivity index (χ4v) is 6.08. The third-order valence-electron chi connectivity index (χ3n) is 6.50. The number of carbonyl (C=O) groups is 2. The molecule has 5 rings (SSSR count). The van der Waals surface area contributed by atoms with Gasteiger partial charge in [-0.05, 0) is 70.1 Å². The molecule has 2 heterocycles. The SMILES string of the molecule is O=C1CC(c2cccc(Cl)c2)C2(C(=O)Nc3cc(Cl)ccc32)C(c2cc(I)ccc2[N+](=O)[O-])N1. The van der Waals surface area contributed by atoms with E-state index in [1.807, 2.05) is 6.07 Å². The fraction of sp³-hybridized carbons (Fsp3) is 0.167. The molecule has 1 spiro atoms. The van der Waals surface area contributed by atoms with Crippen LogP contribution in [0.25, 0.3) is 0 Å². The summed E-state index contributed by atoms with van der Waals surface area (Å²) in [4.78, 5) is 38.4. The normalized spacial score (nSPS) is 23.4. The van der Waals surface area contributed by atoms with Crippen molar-refractivity contribution < 1.29 is 14.5 Å². The summed E-state index contributed by atoms with van der Waals surface area (Å²) in [6.07, 6.45) is 0.00402. The first-order chi connectivity index (χ1) is 16.2. The van der Waals surface area contributed by atoms with Gasteiger partial charge < -0.3 is 10.6 Å². The van der Waals surface area contributed by atoms with Crippen molar-refractivity contribution in [1.29, 1.82) is 0 Å². The van der Waals surface area contributed by atoms with Gasteiger partial charge in [-0.25, -0.2) is 0 Å². The Bertz CT molecular complexity index is 1380. The molecule has 0 radical (unpaired) electrons. The fourth-order valence-electron chi connectivity index (χ4n) is 5.19. The largest absolute Gasteiger partial charge is 0.348 e. The number of anilines is 1. The van der Waals surface area contributed by atoms with Crippen molar-refractivity contribution in [2.45, 2.75) is 23.8 Å². The number of benzene rings is 3. The van der Waals surface area contributed by atoms with E-state index in [1.165, 1.54) is 6.07 Å². The Morgan fingerprint density at radius 2 is 1.79 bits per heavy atom. The molecule has 7 nitrogen and oxygen atoms in total. The van der Waals surface area contributed by atoms with E-state index in [9.17, 15) is 19.7 Å². The minimum absolute atomic E-state index is 0.00402. The van der Waals surface area contributed by atoms with Crippen LogP contribution in [0.1, 0.15) is 35.1 Å². The highest BCUT2D eigenvalue weighted by Crippen LogP contribution is 2.58. The molecule has 0 aromatic heterocycles. The van der Waals surface area contributed by atoms with Crippen molar-refractivity contribution in [3.8, 4) is 0 Å². The van der Waals surface area contributed by atoms with E-state index in [0.717, 1.165) is 3.57 Å². The van der Waals surface area contributed by atoms with E-state index >= 15 is 0 Å². The van der Waals surface area contributed by atoms with Crippen LogP contribution < -0.4 is 10.6 Å². The zero-order chi connectivity index (χ0) is 24.2. The Kier molecular flexibility index (Phi) is 5.78. The van der Waals surface area contributed by atoms with Crippen molar-refractivity contribution in [3.63, 3.8) is 0 Å². The molecule has 3 aromatic carbocycles. The van der Waals surface area contributed by atoms with Gasteiger partial charge >= 0.3 is 0 Å². The quantitative estimate of drug-likeness (QED) is 0.225. The van der Waals surface area contributed by atoms with Gasteiger partial charge in [-0.1, -0.05) is 41.4 Å². The number of amides is 2. The van der Waals surface area contributed by atoms with E-state index in [4.69, 9.17) is 23.2 Å². The van der Waals surface area contributed by atoms with Crippen LogP contribution in [-0.2, 0) is 15.0 Å². The van der Waals surface area contributed by atoms with Gasteiger partial charge in [0.15, 0.2) is 0 Å². The Balaban J connectivity index is 1.85. The minimum atomic E-state index is -1.37. The predicted octanol–water partition coefficient (Wildman–Crippen LogP) is 5.74. The second-order valence-electron chi connectivity index (χ2n) is 8.29. The van der Waals surface area contributed by atoms with Crippen molar-refractivity contribution in [2.24, 2.45) is 0 Å². The average Bonchev–Trinajstić information content (AvgIpc) is 3.06. The second-order valence-corrected chi connectivity index (χ2v) is 10.4. The third kappa shape index (κ3) is 3.55. The van der Waals surface area contributed by atoms with Crippen molar-refractivity contribution in [1.82, 2.24) is 5.32 Å². The molecule has 172 valence electrons. The molecule has 3 unspecified atom stereocenters. The van der Waals surface area contributed by atoms with Gasteiger partial charge in [0.05, 0.1) is 16.5 Å². The van der Waals surface area contributed by atoms with E-state index in [-0.39, 0.29) is 29.5 Å². The second kappa shape index (κ2) is 8.51. The number of carbonyl (C=O) groups excluding carboxylic acids is 2. The first kappa shape index (κ1) is 23.1. The molecule has 34 heavy (non-hydrogen) atoms.